The van der Waals surface area contributed by atoms with Gasteiger partial charge in [-0.05, 0) is 11.6 Å². The number of pyridine rings is 1. The molecule has 4 heteroatoms. The predicted molar refractivity (Wildman–Crippen MR) is 72.1 cm³/mol. The highest BCUT2D eigenvalue weighted by Crippen LogP contribution is 2.05. The first-order valence-electron chi connectivity index (χ1n) is 5.21. The fourth-order valence-corrected chi connectivity index (χ4v) is 1.70. The Morgan fingerprint density at radius 3 is 2.47 bits per heavy atom. The predicted octanol–water partition coefficient (Wildman–Crippen LogP) is 1.53. The van der Waals surface area contributed by atoms with Gasteiger partial charge in [-0.25, -0.2) is 0 Å². The molecule has 86 valence electrons. The van der Waals surface area contributed by atoms with Crippen molar-refractivity contribution in [1.29, 1.82) is 0 Å². The van der Waals surface area contributed by atoms with Gasteiger partial charge in [0.1, 0.15) is 4.99 Å². The Morgan fingerprint density at radius 1 is 1.18 bits per heavy atom. The van der Waals surface area contributed by atoms with Crippen LogP contribution < -0.4 is 11.3 Å². The largest absolute Gasteiger partial charge is 0.389 e. The minimum absolute atomic E-state index is 0.00841. The SMILES string of the molecule is NC(=S)c1ccc(Cn2ccccc2=O)cc1. The van der Waals surface area contributed by atoms with Gasteiger partial charge in [0, 0.05) is 17.8 Å². The Balaban J connectivity index is 2.23. The highest BCUT2D eigenvalue weighted by Gasteiger charge is 1.99. The fourth-order valence-electron chi connectivity index (χ4n) is 1.56. The van der Waals surface area contributed by atoms with Crippen molar-refractivity contribution >= 4 is 17.2 Å². The van der Waals surface area contributed by atoms with E-state index in [1.165, 1.54) is 0 Å². The first kappa shape index (κ1) is 11.5. The summed E-state index contributed by atoms with van der Waals surface area (Å²) < 4.78 is 1.65. The lowest BCUT2D eigenvalue weighted by atomic mass is 10.1. The van der Waals surface area contributed by atoms with Crippen LogP contribution in [0.5, 0.6) is 0 Å². The summed E-state index contributed by atoms with van der Waals surface area (Å²) in [6.45, 7) is 0.553. The lowest BCUT2D eigenvalue weighted by Gasteiger charge is -2.06. The number of aromatic nitrogens is 1. The molecule has 0 spiro atoms. The average molecular weight is 244 g/mol. The highest BCUT2D eigenvalue weighted by atomic mass is 32.1. The molecular weight excluding hydrogens is 232 g/mol. The normalized spacial score (nSPS) is 10.1. The average Bonchev–Trinajstić information content (AvgIpc) is 2.33. The third-order valence-electron chi connectivity index (χ3n) is 2.49. The molecule has 0 atom stereocenters. The molecule has 0 unspecified atom stereocenters. The number of nitrogens with two attached hydrogens (primary N) is 1. The molecule has 1 aromatic heterocycles. The second kappa shape index (κ2) is 4.93. The first-order valence-corrected chi connectivity index (χ1v) is 5.62. The van der Waals surface area contributed by atoms with Gasteiger partial charge in [0.15, 0.2) is 0 Å². The van der Waals surface area contributed by atoms with Gasteiger partial charge >= 0.3 is 0 Å². The quantitative estimate of drug-likeness (QED) is 0.833. The maximum Gasteiger partial charge on any atom is 0.250 e. The Morgan fingerprint density at radius 2 is 1.88 bits per heavy atom. The molecule has 2 N–H and O–H groups in total. The zero-order chi connectivity index (χ0) is 12.3. The van der Waals surface area contributed by atoms with Gasteiger partial charge in [-0.2, -0.15) is 0 Å². The van der Waals surface area contributed by atoms with Gasteiger partial charge in [0.2, 0.25) is 0 Å². The molecule has 0 aliphatic rings. The van der Waals surface area contributed by atoms with Gasteiger partial charge in [0.05, 0.1) is 6.54 Å². The van der Waals surface area contributed by atoms with Crippen LogP contribution in [0.3, 0.4) is 0 Å². The van der Waals surface area contributed by atoms with E-state index in [1.807, 2.05) is 30.3 Å². The summed E-state index contributed by atoms with van der Waals surface area (Å²) in [7, 11) is 0. The van der Waals surface area contributed by atoms with E-state index in [-0.39, 0.29) is 5.56 Å². The molecule has 0 saturated heterocycles. The van der Waals surface area contributed by atoms with Crippen molar-refractivity contribution in [2.24, 2.45) is 5.73 Å². The Kier molecular flexibility index (Phi) is 3.35. The first-order chi connectivity index (χ1) is 8.16. The molecule has 0 aliphatic heterocycles. The minimum Gasteiger partial charge on any atom is -0.389 e. The second-order valence-electron chi connectivity index (χ2n) is 3.73. The van der Waals surface area contributed by atoms with Gasteiger partial charge < -0.3 is 10.3 Å². The van der Waals surface area contributed by atoms with Crippen LogP contribution in [-0.2, 0) is 6.54 Å². The van der Waals surface area contributed by atoms with Crippen molar-refractivity contribution < 1.29 is 0 Å². The standard InChI is InChI=1S/C13H12N2OS/c14-13(17)11-6-4-10(5-7-11)9-15-8-2-1-3-12(15)16/h1-8H,9H2,(H2,14,17). The fraction of sp³-hybridized carbons (Fsp3) is 0.0769. The molecule has 1 aromatic carbocycles. The van der Waals surface area contributed by atoms with E-state index in [0.717, 1.165) is 11.1 Å². The van der Waals surface area contributed by atoms with Crippen LogP contribution in [0.4, 0.5) is 0 Å². The van der Waals surface area contributed by atoms with E-state index >= 15 is 0 Å². The van der Waals surface area contributed by atoms with Crippen LogP contribution in [0.2, 0.25) is 0 Å². The summed E-state index contributed by atoms with van der Waals surface area (Å²) in [6, 6.07) is 12.7. The summed E-state index contributed by atoms with van der Waals surface area (Å²) in [5.41, 5.74) is 7.39. The Bertz CT molecular complexity index is 587. The van der Waals surface area contributed by atoms with E-state index in [0.29, 0.717) is 11.5 Å². The summed E-state index contributed by atoms with van der Waals surface area (Å²) in [5, 5.41) is 0. The lowest BCUT2D eigenvalue weighted by Crippen LogP contribution is -2.18. The van der Waals surface area contributed by atoms with E-state index in [1.54, 1.807) is 22.9 Å². The smallest absolute Gasteiger partial charge is 0.250 e. The minimum atomic E-state index is -0.00841. The van der Waals surface area contributed by atoms with Gasteiger partial charge in [-0.1, -0.05) is 42.5 Å². The zero-order valence-electron chi connectivity index (χ0n) is 9.17. The molecule has 0 aliphatic carbocycles. The number of hydrogen-bond acceptors (Lipinski definition) is 2. The molecule has 2 rings (SSSR count). The molecule has 17 heavy (non-hydrogen) atoms. The third-order valence-corrected chi connectivity index (χ3v) is 2.73. The lowest BCUT2D eigenvalue weighted by molar-refractivity contribution is 0.759. The number of nitrogens with zero attached hydrogens (tertiary/aromatic N) is 1. The summed E-state index contributed by atoms with van der Waals surface area (Å²) in [5.74, 6) is 0. The van der Waals surface area contributed by atoms with Gasteiger partial charge in [-0.15, -0.1) is 0 Å². The summed E-state index contributed by atoms with van der Waals surface area (Å²) in [4.78, 5) is 11.9. The van der Waals surface area contributed by atoms with Crippen LogP contribution in [0, 0.1) is 0 Å². The molecule has 0 amide bonds. The van der Waals surface area contributed by atoms with E-state index in [4.69, 9.17) is 18.0 Å². The molecule has 0 bridgehead atoms. The van der Waals surface area contributed by atoms with Crippen molar-refractivity contribution in [3.63, 3.8) is 0 Å². The van der Waals surface area contributed by atoms with Crippen molar-refractivity contribution in [2.45, 2.75) is 6.54 Å². The number of hydrogen-bond donors (Lipinski definition) is 1. The van der Waals surface area contributed by atoms with Crippen LogP contribution >= 0.6 is 12.2 Å². The van der Waals surface area contributed by atoms with E-state index in [9.17, 15) is 4.79 Å². The third kappa shape index (κ3) is 2.79. The molecule has 0 fully saturated rings. The Hall–Kier alpha value is -1.94. The van der Waals surface area contributed by atoms with E-state index in [2.05, 4.69) is 0 Å². The Labute approximate surface area is 105 Å². The van der Waals surface area contributed by atoms with Crippen LogP contribution in [0.25, 0.3) is 0 Å². The monoisotopic (exact) mass is 244 g/mol. The maximum atomic E-state index is 11.5. The van der Waals surface area contributed by atoms with Crippen molar-refractivity contribution in [3.8, 4) is 0 Å². The molecule has 1 heterocycles. The van der Waals surface area contributed by atoms with Crippen molar-refractivity contribution in [1.82, 2.24) is 4.57 Å². The summed E-state index contributed by atoms with van der Waals surface area (Å²) in [6.07, 6.45) is 1.77. The number of thiocarbonyl (C=S) groups is 1. The molecule has 2 aromatic rings. The van der Waals surface area contributed by atoms with Crippen LogP contribution in [-0.4, -0.2) is 9.56 Å². The highest BCUT2D eigenvalue weighted by molar-refractivity contribution is 7.80. The second-order valence-corrected chi connectivity index (χ2v) is 4.17. The van der Waals surface area contributed by atoms with Crippen molar-refractivity contribution in [3.05, 3.63) is 70.1 Å². The van der Waals surface area contributed by atoms with Crippen molar-refractivity contribution in [2.75, 3.05) is 0 Å². The summed E-state index contributed by atoms with van der Waals surface area (Å²) >= 11 is 4.88. The maximum absolute atomic E-state index is 11.5. The van der Waals surface area contributed by atoms with Gasteiger partial charge in [0.25, 0.3) is 5.56 Å². The zero-order valence-corrected chi connectivity index (χ0v) is 9.98. The molecular formula is C13H12N2OS. The van der Waals surface area contributed by atoms with Gasteiger partial charge in [-0.3, -0.25) is 4.79 Å². The van der Waals surface area contributed by atoms with Crippen LogP contribution in [0.1, 0.15) is 11.1 Å². The van der Waals surface area contributed by atoms with E-state index < -0.39 is 0 Å². The topological polar surface area (TPSA) is 48.0 Å². The molecule has 0 saturated carbocycles. The van der Waals surface area contributed by atoms with Crippen LogP contribution in [0.15, 0.2) is 53.5 Å². The number of benzene rings is 1. The number of rotatable bonds is 3. The molecule has 0 radical (unpaired) electrons. The molecule has 3 nitrogen and oxygen atoms in total.